The summed E-state index contributed by atoms with van der Waals surface area (Å²) in [5.74, 6) is 0.818. The van der Waals surface area contributed by atoms with Gasteiger partial charge >= 0.3 is 0 Å². The van der Waals surface area contributed by atoms with Crippen LogP contribution in [-0.2, 0) is 4.79 Å². The largest absolute Gasteiger partial charge is 0.497 e. The number of aryl methyl sites for hydroxylation is 2. The molecule has 0 spiro atoms. The van der Waals surface area contributed by atoms with Gasteiger partial charge in [-0.1, -0.05) is 18.1 Å². The maximum atomic E-state index is 12.8. The number of fused-ring (bicyclic) bond motifs is 1. The van der Waals surface area contributed by atoms with E-state index in [1.165, 1.54) is 4.68 Å². The fourth-order valence-electron chi connectivity index (χ4n) is 2.92. The molecule has 1 atom stereocenters. The molecule has 3 rings (SSSR count). The molecule has 0 saturated carbocycles. The third-order valence-electron chi connectivity index (χ3n) is 4.21. The van der Waals surface area contributed by atoms with Crippen molar-refractivity contribution in [2.45, 2.75) is 33.2 Å². The van der Waals surface area contributed by atoms with E-state index in [4.69, 9.17) is 9.26 Å². The van der Waals surface area contributed by atoms with Crippen LogP contribution in [0.15, 0.2) is 33.6 Å². The maximum absolute atomic E-state index is 12.8. The number of ether oxygens (including phenoxy) is 1. The number of rotatable bonds is 5. The van der Waals surface area contributed by atoms with Crippen LogP contribution >= 0.6 is 0 Å². The molecule has 0 aliphatic heterocycles. The average molecular weight is 356 g/mol. The Bertz CT molecular complexity index is 1020. The molecule has 26 heavy (non-hydrogen) atoms. The van der Waals surface area contributed by atoms with Crippen molar-refractivity contribution in [3.05, 3.63) is 46.1 Å². The van der Waals surface area contributed by atoms with Crippen molar-refractivity contribution in [3.8, 4) is 5.75 Å². The predicted molar refractivity (Wildman–Crippen MR) is 96.5 cm³/mol. The first-order valence-electron chi connectivity index (χ1n) is 8.26. The molecule has 1 amide bonds. The van der Waals surface area contributed by atoms with E-state index in [0.717, 1.165) is 0 Å². The number of aromatic nitrogens is 3. The second-order valence-electron chi connectivity index (χ2n) is 5.94. The topological polar surface area (TPSA) is 99.2 Å². The molecule has 0 aliphatic rings. The summed E-state index contributed by atoms with van der Waals surface area (Å²) < 4.78 is 11.4. The van der Waals surface area contributed by atoms with Gasteiger partial charge in [0, 0.05) is 11.8 Å². The number of nitrogens with zero attached hydrogens (tertiary/aromatic N) is 3. The summed E-state index contributed by atoms with van der Waals surface area (Å²) in [7, 11) is 1.55. The van der Waals surface area contributed by atoms with Crippen LogP contribution in [-0.4, -0.2) is 28.0 Å². The van der Waals surface area contributed by atoms with E-state index in [9.17, 15) is 9.59 Å². The van der Waals surface area contributed by atoms with Crippen molar-refractivity contribution in [2.75, 3.05) is 12.4 Å². The van der Waals surface area contributed by atoms with Crippen molar-refractivity contribution < 1.29 is 14.1 Å². The summed E-state index contributed by atoms with van der Waals surface area (Å²) in [6.45, 7) is 5.30. The molecule has 8 nitrogen and oxygen atoms in total. The van der Waals surface area contributed by atoms with Gasteiger partial charge < -0.3 is 14.6 Å². The Morgan fingerprint density at radius 3 is 2.85 bits per heavy atom. The van der Waals surface area contributed by atoms with Crippen LogP contribution in [0.25, 0.3) is 10.9 Å². The first kappa shape index (κ1) is 17.7. The van der Waals surface area contributed by atoms with Crippen molar-refractivity contribution in [3.63, 3.8) is 0 Å². The average Bonchev–Trinajstić information content (AvgIpc) is 3.02. The Kier molecular flexibility index (Phi) is 4.75. The van der Waals surface area contributed by atoms with Gasteiger partial charge in [0.1, 0.15) is 17.6 Å². The SMILES string of the molecule is CCC(C(=O)Nc1cccc(OC)c1)n1nc(C)c2c(C)onc2c1=O. The molecule has 136 valence electrons. The third-order valence-corrected chi connectivity index (χ3v) is 4.21. The molecule has 0 bridgehead atoms. The zero-order valence-electron chi connectivity index (χ0n) is 15.1. The number of carbonyl (C=O) groups is 1. The summed E-state index contributed by atoms with van der Waals surface area (Å²) in [5, 5.41) is 11.5. The monoisotopic (exact) mass is 356 g/mol. The molecular formula is C18H20N4O4. The Morgan fingerprint density at radius 2 is 2.15 bits per heavy atom. The molecule has 1 aromatic carbocycles. The van der Waals surface area contributed by atoms with E-state index in [-0.39, 0.29) is 11.4 Å². The van der Waals surface area contributed by atoms with Gasteiger partial charge in [0.25, 0.3) is 5.56 Å². The van der Waals surface area contributed by atoms with Crippen LogP contribution in [0.1, 0.15) is 30.8 Å². The number of nitrogens with one attached hydrogen (secondary N) is 1. The van der Waals surface area contributed by atoms with Crippen molar-refractivity contribution >= 4 is 22.5 Å². The van der Waals surface area contributed by atoms with Gasteiger partial charge in [-0.05, 0) is 32.4 Å². The lowest BCUT2D eigenvalue weighted by atomic mass is 10.2. The maximum Gasteiger partial charge on any atom is 0.297 e. The number of anilines is 1. The van der Waals surface area contributed by atoms with Crippen LogP contribution in [0.3, 0.4) is 0 Å². The Hall–Kier alpha value is -3.16. The van der Waals surface area contributed by atoms with Gasteiger partial charge in [-0.2, -0.15) is 5.10 Å². The second kappa shape index (κ2) is 6.99. The van der Waals surface area contributed by atoms with Crippen LogP contribution in [0.4, 0.5) is 5.69 Å². The lowest BCUT2D eigenvalue weighted by Crippen LogP contribution is -2.35. The zero-order valence-corrected chi connectivity index (χ0v) is 15.1. The van der Waals surface area contributed by atoms with E-state index in [2.05, 4.69) is 15.6 Å². The molecule has 0 saturated heterocycles. The minimum atomic E-state index is -0.770. The fourth-order valence-corrected chi connectivity index (χ4v) is 2.92. The number of benzene rings is 1. The summed E-state index contributed by atoms with van der Waals surface area (Å²) in [6, 6.07) is 6.24. The molecule has 3 aromatic rings. The summed E-state index contributed by atoms with van der Waals surface area (Å²) >= 11 is 0. The molecule has 0 radical (unpaired) electrons. The minimum Gasteiger partial charge on any atom is -0.497 e. The first-order valence-corrected chi connectivity index (χ1v) is 8.26. The second-order valence-corrected chi connectivity index (χ2v) is 5.94. The van der Waals surface area contributed by atoms with Crippen molar-refractivity contribution in [1.29, 1.82) is 0 Å². The van der Waals surface area contributed by atoms with Gasteiger partial charge in [0.05, 0.1) is 18.2 Å². The molecule has 8 heteroatoms. The van der Waals surface area contributed by atoms with E-state index < -0.39 is 11.6 Å². The third kappa shape index (κ3) is 3.05. The van der Waals surface area contributed by atoms with Crippen LogP contribution in [0, 0.1) is 13.8 Å². The molecule has 0 fully saturated rings. The highest BCUT2D eigenvalue weighted by Crippen LogP contribution is 2.21. The number of hydrogen-bond acceptors (Lipinski definition) is 6. The summed E-state index contributed by atoms with van der Waals surface area (Å²) in [5.41, 5.74) is 0.902. The van der Waals surface area contributed by atoms with Gasteiger partial charge in [-0.3, -0.25) is 9.59 Å². The quantitative estimate of drug-likeness (QED) is 0.754. The van der Waals surface area contributed by atoms with Crippen molar-refractivity contribution in [1.82, 2.24) is 14.9 Å². The van der Waals surface area contributed by atoms with Gasteiger partial charge in [0.15, 0.2) is 5.52 Å². The number of carbonyl (C=O) groups excluding carboxylic acids is 1. The molecular weight excluding hydrogens is 336 g/mol. The van der Waals surface area contributed by atoms with Crippen LogP contribution in [0.2, 0.25) is 0 Å². The van der Waals surface area contributed by atoms with Gasteiger partial charge in [0.2, 0.25) is 5.91 Å². The molecule has 2 heterocycles. The van der Waals surface area contributed by atoms with E-state index in [1.54, 1.807) is 45.2 Å². The van der Waals surface area contributed by atoms with Gasteiger partial charge in [-0.25, -0.2) is 4.68 Å². The van der Waals surface area contributed by atoms with Gasteiger partial charge in [-0.15, -0.1) is 0 Å². The summed E-state index contributed by atoms with van der Waals surface area (Å²) in [4.78, 5) is 25.5. The smallest absolute Gasteiger partial charge is 0.297 e. The van der Waals surface area contributed by atoms with E-state index >= 15 is 0 Å². The minimum absolute atomic E-state index is 0.183. The molecule has 1 N–H and O–H groups in total. The Balaban J connectivity index is 1.98. The van der Waals surface area contributed by atoms with Crippen molar-refractivity contribution in [2.24, 2.45) is 0 Å². The van der Waals surface area contributed by atoms with E-state index in [0.29, 0.717) is 34.7 Å². The lowest BCUT2D eigenvalue weighted by molar-refractivity contribution is -0.119. The molecule has 0 aliphatic carbocycles. The predicted octanol–water partition coefficient (Wildman–Crippen LogP) is 2.60. The summed E-state index contributed by atoms with van der Waals surface area (Å²) in [6.07, 6.45) is 0.393. The Labute approximate surface area is 149 Å². The lowest BCUT2D eigenvalue weighted by Gasteiger charge is -2.17. The van der Waals surface area contributed by atoms with Crippen LogP contribution in [0.5, 0.6) is 5.75 Å². The van der Waals surface area contributed by atoms with E-state index in [1.807, 2.05) is 6.92 Å². The first-order chi connectivity index (χ1) is 12.5. The highest BCUT2D eigenvalue weighted by atomic mass is 16.5. The number of methoxy groups -OCH3 is 1. The zero-order chi connectivity index (χ0) is 18.8. The molecule has 2 aromatic heterocycles. The standard InChI is InChI=1S/C18H20N4O4/c1-5-14(17(23)19-12-7-6-8-13(9-12)25-4)22-18(24)16-15(10(2)20-22)11(3)26-21-16/h6-9,14H,5H2,1-4H3,(H,19,23). The Morgan fingerprint density at radius 1 is 1.38 bits per heavy atom. The fraction of sp³-hybridized carbons (Fsp3) is 0.333. The highest BCUT2D eigenvalue weighted by molar-refractivity contribution is 5.94. The number of amides is 1. The molecule has 1 unspecified atom stereocenters. The van der Waals surface area contributed by atoms with Crippen LogP contribution < -0.4 is 15.6 Å². The normalized spacial score (nSPS) is 12.2. The number of hydrogen-bond donors (Lipinski definition) is 1. The highest BCUT2D eigenvalue weighted by Gasteiger charge is 2.24.